The van der Waals surface area contributed by atoms with Crippen LogP contribution in [0.15, 0.2) is 40.9 Å². The molecule has 3 aromatic heterocycles. The third-order valence-electron chi connectivity index (χ3n) is 4.63. The van der Waals surface area contributed by atoms with Gasteiger partial charge in [-0.2, -0.15) is 0 Å². The summed E-state index contributed by atoms with van der Waals surface area (Å²) in [5.41, 5.74) is 3.92. The Morgan fingerprint density at radius 1 is 0.704 bits per heavy atom. The van der Waals surface area contributed by atoms with Crippen LogP contribution in [-0.2, 0) is 0 Å². The van der Waals surface area contributed by atoms with Crippen LogP contribution in [0.5, 0.6) is 0 Å². The molecule has 7 heteroatoms. The fourth-order valence-corrected chi connectivity index (χ4v) is 15.7. The van der Waals surface area contributed by atoms with Crippen LogP contribution >= 0.6 is 22.7 Å². The fourth-order valence-electron chi connectivity index (χ4n) is 3.03. The molecule has 0 saturated carbocycles. The molecule has 0 atom stereocenters. The Labute approximate surface area is 176 Å². The Hall–Kier alpha value is -0.383. The van der Waals surface area contributed by atoms with Gasteiger partial charge in [0.25, 0.3) is 0 Å². The number of benzene rings is 1. The first-order chi connectivity index (χ1) is 12.6. The third-order valence-corrected chi connectivity index (χ3v) is 25.8. The SMILES string of the molecule is [CH3][Sn]([CH3])([CH3])[c]1ccc(-c2ccc(-c3cc[c]([Sn]([CH3])([CH3])[CH3])s3)c3onnc23)s1. The van der Waals surface area contributed by atoms with Gasteiger partial charge in [0.05, 0.1) is 0 Å². The van der Waals surface area contributed by atoms with Gasteiger partial charge in [-0.15, -0.1) is 0 Å². The van der Waals surface area contributed by atoms with Crippen molar-refractivity contribution in [3.05, 3.63) is 36.4 Å². The Morgan fingerprint density at radius 2 is 1.22 bits per heavy atom. The minimum atomic E-state index is -2.06. The quantitative estimate of drug-likeness (QED) is 0.276. The molecule has 0 bridgehead atoms. The molecule has 0 unspecified atom stereocenters. The zero-order valence-corrected chi connectivity index (χ0v) is 23.9. The third kappa shape index (κ3) is 3.89. The molecule has 27 heavy (non-hydrogen) atoms. The normalized spacial score (nSPS) is 12.8. The van der Waals surface area contributed by atoms with Gasteiger partial charge < -0.3 is 0 Å². The Bertz CT molecular complexity index is 1030. The van der Waals surface area contributed by atoms with E-state index in [0.717, 1.165) is 22.2 Å². The summed E-state index contributed by atoms with van der Waals surface area (Å²) in [7, 11) is 0. The number of nitrogens with zero attached hydrogens (tertiary/aromatic N) is 2. The molecule has 4 aromatic rings. The Balaban J connectivity index is 1.82. The average molecular weight is 610 g/mol. The molecule has 0 radical (unpaired) electrons. The van der Waals surface area contributed by atoms with Crippen molar-refractivity contribution in [3.63, 3.8) is 0 Å². The van der Waals surface area contributed by atoms with Crippen molar-refractivity contribution in [2.24, 2.45) is 0 Å². The van der Waals surface area contributed by atoms with Gasteiger partial charge >= 0.3 is 178 Å². The maximum absolute atomic E-state index is 5.62. The summed E-state index contributed by atoms with van der Waals surface area (Å²) in [6.07, 6.45) is 0. The molecule has 140 valence electrons. The number of rotatable bonds is 4. The van der Waals surface area contributed by atoms with E-state index in [1.54, 1.807) is 5.79 Å². The second kappa shape index (κ2) is 7.14. The molecule has 3 heterocycles. The van der Waals surface area contributed by atoms with Crippen molar-refractivity contribution in [1.82, 2.24) is 10.4 Å². The average Bonchev–Trinajstić information content (AvgIpc) is 3.31. The van der Waals surface area contributed by atoms with Crippen LogP contribution in [0.25, 0.3) is 32.0 Å². The van der Waals surface area contributed by atoms with Gasteiger partial charge in [0.15, 0.2) is 0 Å². The van der Waals surface area contributed by atoms with Gasteiger partial charge in [-0.25, -0.2) is 0 Å². The summed E-state index contributed by atoms with van der Waals surface area (Å²) < 4.78 is 8.77. The van der Waals surface area contributed by atoms with E-state index in [4.69, 9.17) is 4.52 Å². The molecule has 0 fully saturated rings. The van der Waals surface area contributed by atoms with Crippen LogP contribution in [0.3, 0.4) is 0 Å². The number of hydrogen-bond acceptors (Lipinski definition) is 5. The van der Waals surface area contributed by atoms with Gasteiger partial charge in [-0.3, -0.25) is 0 Å². The molecule has 0 aliphatic heterocycles. The van der Waals surface area contributed by atoms with Crippen LogP contribution in [0.1, 0.15) is 0 Å². The summed E-state index contributed by atoms with van der Waals surface area (Å²) in [6, 6.07) is 13.5. The van der Waals surface area contributed by atoms with Gasteiger partial charge in [-0.05, 0) is 0 Å². The number of fused-ring (bicyclic) bond motifs is 1. The van der Waals surface area contributed by atoms with E-state index in [0.29, 0.717) is 0 Å². The first-order valence-corrected chi connectivity index (χ1v) is 30.7. The predicted molar refractivity (Wildman–Crippen MR) is 124 cm³/mol. The number of hydrogen-bond donors (Lipinski definition) is 0. The molecule has 0 saturated heterocycles. The maximum atomic E-state index is 5.62. The van der Waals surface area contributed by atoms with Crippen LogP contribution in [0, 0.1) is 0 Å². The summed E-state index contributed by atoms with van der Waals surface area (Å²) in [5.74, 6) is 0. The zero-order chi connectivity index (χ0) is 19.4. The molecule has 1 aromatic carbocycles. The van der Waals surface area contributed by atoms with E-state index < -0.39 is 36.8 Å². The summed E-state index contributed by atoms with van der Waals surface area (Å²) in [4.78, 5) is 17.2. The van der Waals surface area contributed by atoms with E-state index in [9.17, 15) is 0 Å². The van der Waals surface area contributed by atoms with Crippen molar-refractivity contribution in [1.29, 1.82) is 0 Å². The molecule has 0 spiro atoms. The van der Waals surface area contributed by atoms with E-state index in [2.05, 4.69) is 76.4 Å². The standard InChI is InChI=1S/C14H6N2OS2.6CH3.2Sn/c1-3-11(18-7-1)9-5-6-10(12-4-2-8-19-12)14-13(9)15-16-17-14;;;;;;;;/h1-6H;6*1H3;;. The van der Waals surface area contributed by atoms with E-state index >= 15 is 0 Å². The predicted octanol–water partition coefficient (Wildman–Crippen LogP) is 5.77. The van der Waals surface area contributed by atoms with Crippen LogP contribution in [0.2, 0.25) is 29.6 Å². The molecular formula is C20H24N2OS2Sn2. The van der Waals surface area contributed by atoms with Crippen molar-refractivity contribution in [2.75, 3.05) is 0 Å². The second-order valence-electron chi connectivity index (χ2n) is 8.94. The van der Waals surface area contributed by atoms with Gasteiger partial charge in [0, 0.05) is 0 Å². The van der Waals surface area contributed by atoms with Crippen molar-refractivity contribution in [2.45, 2.75) is 29.6 Å². The summed E-state index contributed by atoms with van der Waals surface area (Å²) in [6.45, 7) is 0. The zero-order valence-electron chi connectivity index (χ0n) is 16.6. The molecule has 0 aliphatic rings. The van der Waals surface area contributed by atoms with E-state index in [1.165, 1.54) is 9.75 Å². The molecule has 0 N–H and O–H groups in total. The molecule has 0 amide bonds. The van der Waals surface area contributed by atoms with E-state index in [-0.39, 0.29) is 0 Å². The van der Waals surface area contributed by atoms with Crippen LogP contribution in [0.4, 0.5) is 0 Å². The fraction of sp³-hybridized carbons (Fsp3) is 0.300. The Kier molecular flexibility index (Phi) is 5.27. The molecule has 3 nitrogen and oxygen atoms in total. The van der Waals surface area contributed by atoms with Gasteiger partial charge in [0.2, 0.25) is 0 Å². The Morgan fingerprint density at radius 3 is 1.74 bits per heavy atom. The monoisotopic (exact) mass is 612 g/mol. The molecule has 4 rings (SSSR count). The van der Waals surface area contributed by atoms with Gasteiger partial charge in [0.1, 0.15) is 0 Å². The van der Waals surface area contributed by atoms with Crippen LogP contribution in [-0.4, -0.2) is 47.1 Å². The van der Waals surface area contributed by atoms with Crippen molar-refractivity contribution < 1.29 is 4.52 Å². The molecular weight excluding hydrogens is 586 g/mol. The number of aromatic nitrogens is 2. The first-order valence-electron chi connectivity index (χ1n) is 9.11. The summed E-state index contributed by atoms with van der Waals surface area (Å²) >= 11 is -0.289. The van der Waals surface area contributed by atoms with Crippen molar-refractivity contribution in [3.8, 4) is 20.9 Å². The topological polar surface area (TPSA) is 38.9 Å². The van der Waals surface area contributed by atoms with Crippen LogP contribution < -0.4 is 5.79 Å². The first kappa shape index (κ1) is 19.9. The van der Waals surface area contributed by atoms with Gasteiger partial charge in [-0.1, -0.05) is 0 Å². The summed E-state index contributed by atoms with van der Waals surface area (Å²) in [5, 5.41) is 8.23. The minimum absolute atomic E-state index is 0.805. The molecule has 0 aliphatic carbocycles. The van der Waals surface area contributed by atoms with E-state index in [1.807, 2.05) is 22.7 Å². The van der Waals surface area contributed by atoms with Crippen molar-refractivity contribution >= 4 is 76.3 Å². The second-order valence-corrected chi connectivity index (χ2v) is 41.9. The number of thiophene rings is 2.